The van der Waals surface area contributed by atoms with Crippen LogP contribution in [0.15, 0.2) is 90.8 Å². The van der Waals surface area contributed by atoms with Gasteiger partial charge in [0.15, 0.2) is 5.13 Å². The zero-order chi connectivity index (χ0) is 22.8. The SMILES string of the molecule is CC(C)(C(=O)Nc1nccs1)C(c1ccccc1)c1ccc2c(cnn2-c2cccnc2)c1. The summed E-state index contributed by atoms with van der Waals surface area (Å²) in [4.78, 5) is 21.8. The number of nitrogens with zero attached hydrogens (tertiary/aromatic N) is 4. The van der Waals surface area contributed by atoms with Crippen molar-refractivity contribution in [2.45, 2.75) is 19.8 Å². The van der Waals surface area contributed by atoms with E-state index in [2.05, 4.69) is 50.7 Å². The maximum Gasteiger partial charge on any atom is 0.232 e. The Balaban J connectivity index is 1.58. The third kappa shape index (κ3) is 4.03. The first-order valence-electron chi connectivity index (χ1n) is 10.7. The molecule has 33 heavy (non-hydrogen) atoms. The Bertz CT molecular complexity index is 1380. The summed E-state index contributed by atoms with van der Waals surface area (Å²) in [7, 11) is 0. The topological polar surface area (TPSA) is 72.7 Å². The van der Waals surface area contributed by atoms with Gasteiger partial charge in [-0.15, -0.1) is 11.3 Å². The molecule has 0 bridgehead atoms. The molecule has 1 N–H and O–H groups in total. The van der Waals surface area contributed by atoms with Crippen molar-refractivity contribution in [3.05, 3.63) is 102 Å². The standard InChI is InChI=1S/C26H23N5OS/c1-26(2,24(32)30-25-28-13-14-33-25)23(18-7-4-3-5-8-18)19-10-11-22-20(15-19)16-29-31(22)21-9-6-12-27-17-21/h3-17,23H,1-2H3,(H,28,30,32). The fourth-order valence-electron chi connectivity index (χ4n) is 4.26. The number of benzene rings is 2. The van der Waals surface area contributed by atoms with Gasteiger partial charge in [-0.2, -0.15) is 5.10 Å². The van der Waals surface area contributed by atoms with Gasteiger partial charge in [-0.1, -0.05) is 50.2 Å². The molecule has 1 atom stereocenters. The summed E-state index contributed by atoms with van der Waals surface area (Å²) in [6.07, 6.45) is 7.09. The number of hydrogen-bond acceptors (Lipinski definition) is 5. The molecule has 164 valence electrons. The summed E-state index contributed by atoms with van der Waals surface area (Å²) in [5.74, 6) is -0.234. The number of nitrogens with one attached hydrogen (secondary N) is 1. The molecule has 0 aliphatic rings. The fourth-order valence-corrected chi connectivity index (χ4v) is 4.79. The Hall–Kier alpha value is -3.84. The number of carbonyl (C=O) groups is 1. The van der Waals surface area contributed by atoms with Crippen LogP contribution >= 0.6 is 11.3 Å². The number of anilines is 1. The van der Waals surface area contributed by atoms with Crippen LogP contribution < -0.4 is 5.32 Å². The molecular formula is C26H23N5OS. The lowest BCUT2D eigenvalue weighted by molar-refractivity contribution is -0.124. The Kier molecular flexibility index (Phi) is 5.48. The highest BCUT2D eigenvalue weighted by Crippen LogP contribution is 2.42. The third-order valence-corrected chi connectivity index (χ3v) is 6.60. The van der Waals surface area contributed by atoms with Crippen molar-refractivity contribution < 1.29 is 4.79 Å². The van der Waals surface area contributed by atoms with Crippen LogP contribution in [0.25, 0.3) is 16.6 Å². The van der Waals surface area contributed by atoms with E-state index in [0.29, 0.717) is 5.13 Å². The summed E-state index contributed by atoms with van der Waals surface area (Å²) in [5.41, 5.74) is 3.29. The molecule has 0 spiro atoms. The minimum atomic E-state index is -0.736. The largest absolute Gasteiger partial charge is 0.301 e. The summed E-state index contributed by atoms with van der Waals surface area (Å²) < 4.78 is 1.88. The van der Waals surface area contributed by atoms with E-state index < -0.39 is 5.41 Å². The summed E-state index contributed by atoms with van der Waals surface area (Å²) in [6, 6.07) is 20.3. The first-order valence-corrected chi connectivity index (χ1v) is 11.6. The molecule has 5 rings (SSSR count). The number of amides is 1. The van der Waals surface area contributed by atoms with E-state index in [1.54, 1.807) is 18.6 Å². The zero-order valence-corrected chi connectivity index (χ0v) is 19.2. The molecule has 0 saturated carbocycles. The van der Waals surface area contributed by atoms with Crippen LogP contribution in [0.2, 0.25) is 0 Å². The number of aromatic nitrogens is 4. The van der Waals surface area contributed by atoms with Crippen LogP contribution in [0.1, 0.15) is 30.9 Å². The molecule has 0 saturated heterocycles. The molecule has 0 fully saturated rings. The first kappa shape index (κ1) is 21.0. The van der Waals surface area contributed by atoms with E-state index in [1.165, 1.54) is 11.3 Å². The summed E-state index contributed by atoms with van der Waals surface area (Å²) >= 11 is 1.41. The highest BCUT2D eigenvalue weighted by Gasteiger charge is 2.39. The van der Waals surface area contributed by atoms with Crippen LogP contribution in [-0.4, -0.2) is 25.7 Å². The number of pyridine rings is 1. The van der Waals surface area contributed by atoms with Gasteiger partial charge < -0.3 is 5.32 Å². The van der Waals surface area contributed by atoms with Crippen LogP contribution in [0, 0.1) is 5.41 Å². The molecular weight excluding hydrogens is 430 g/mol. The van der Waals surface area contributed by atoms with E-state index >= 15 is 0 Å². The third-order valence-electron chi connectivity index (χ3n) is 5.91. The molecule has 1 unspecified atom stereocenters. The number of thiazole rings is 1. The van der Waals surface area contributed by atoms with Crippen molar-refractivity contribution in [3.8, 4) is 5.69 Å². The molecule has 3 aromatic heterocycles. The van der Waals surface area contributed by atoms with Gasteiger partial charge >= 0.3 is 0 Å². The van der Waals surface area contributed by atoms with E-state index in [1.807, 2.05) is 60.4 Å². The van der Waals surface area contributed by atoms with Crippen LogP contribution in [0.5, 0.6) is 0 Å². The second kappa shape index (κ2) is 8.60. The van der Waals surface area contributed by atoms with E-state index in [0.717, 1.165) is 27.7 Å². The van der Waals surface area contributed by atoms with Gasteiger partial charge in [0.2, 0.25) is 5.91 Å². The quantitative estimate of drug-likeness (QED) is 0.359. The fraction of sp³-hybridized carbons (Fsp3) is 0.154. The van der Waals surface area contributed by atoms with Gasteiger partial charge in [-0.3, -0.25) is 9.78 Å². The Morgan fingerprint density at radius 1 is 1.00 bits per heavy atom. The van der Waals surface area contributed by atoms with Gasteiger partial charge in [-0.05, 0) is 35.4 Å². The lowest BCUT2D eigenvalue weighted by Crippen LogP contribution is -2.37. The van der Waals surface area contributed by atoms with Crippen molar-refractivity contribution in [1.82, 2.24) is 19.7 Å². The minimum Gasteiger partial charge on any atom is -0.301 e. The van der Waals surface area contributed by atoms with Crippen molar-refractivity contribution in [2.24, 2.45) is 5.41 Å². The predicted molar refractivity (Wildman–Crippen MR) is 132 cm³/mol. The van der Waals surface area contributed by atoms with Crippen LogP contribution in [0.3, 0.4) is 0 Å². The smallest absolute Gasteiger partial charge is 0.232 e. The lowest BCUT2D eigenvalue weighted by atomic mass is 9.70. The molecule has 3 heterocycles. The summed E-state index contributed by atoms with van der Waals surface area (Å²) in [5, 5.41) is 11.0. The number of carbonyl (C=O) groups excluding carboxylic acids is 1. The van der Waals surface area contributed by atoms with Crippen LogP contribution in [0.4, 0.5) is 5.13 Å². The first-order chi connectivity index (χ1) is 16.0. The monoisotopic (exact) mass is 453 g/mol. The van der Waals surface area contributed by atoms with E-state index in [4.69, 9.17) is 0 Å². The van der Waals surface area contributed by atoms with Gasteiger partial charge in [0.05, 0.1) is 29.0 Å². The van der Waals surface area contributed by atoms with Crippen LogP contribution in [-0.2, 0) is 4.79 Å². The zero-order valence-electron chi connectivity index (χ0n) is 18.3. The number of fused-ring (bicyclic) bond motifs is 1. The Morgan fingerprint density at radius 2 is 1.85 bits per heavy atom. The van der Waals surface area contributed by atoms with Gasteiger partial charge in [-0.25, -0.2) is 9.67 Å². The minimum absolute atomic E-state index is 0.0718. The maximum absolute atomic E-state index is 13.4. The van der Waals surface area contributed by atoms with Crippen molar-refractivity contribution in [2.75, 3.05) is 5.32 Å². The van der Waals surface area contributed by atoms with Gasteiger partial charge in [0.25, 0.3) is 0 Å². The van der Waals surface area contributed by atoms with E-state index in [-0.39, 0.29) is 11.8 Å². The normalized spacial score (nSPS) is 12.5. The average Bonchev–Trinajstić information content (AvgIpc) is 3.50. The van der Waals surface area contributed by atoms with Crippen molar-refractivity contribution in [1.29, 1.82) is 0 Å². The molecule has 0 aliphatic carbocycles. The highest BCUT2D eigenvalue weighted by molar-refractivity contribution is 7.13. The average molecular weight is 454 g/mol. The highest BCUT2D eigenvalue weighted by atomic mass is 32.1. The Morgan fingerprint density at radius 3 is 2.58 bits per heavy atom. The van der Waals surface area contributed by atoms with Gasteiger partial charge in [0, 0.05) is 29.1 Å². The van der Waals surface area contributed by atoms with E-state index in [9.17, 15) is 4.79 Å². The molecule has 2 aromatic carbocycles. The lowest BCUT2D eigenvalue weighted by Gasteiger charge is -2.34. The number of hydrogen-bond donors (Lipinski definition) is 1. The maximum atomic E-state index is 13.4. The molecule has 6 nitrogen and oxygen atoms in total. The molecule has 1 amide bonds. The molecule has 0 radical (unpaired) electrons. The summed E-state index contributed by atoms with van der Waals surface area (Å²) in [6.45, 7) is 3.97. The predicted octanol–water partition coefficient (Wildman–Crippen LogP) is 5.67. The van der Waals surface area contributed by atoms with Gasteiger partial charge in [0.1, 0.15) is 0 Å². The second-order valence-electron chi connectivity index (χ2n) is 8.44. The second-order valence-corrected chi connectivity index (χ2v) is 9.34. The molecule has 5 aromatic rings. The Labute approximate surface area is 196 Å². The number of rotatable bonds is 6. The molecule has 7 heteroatoms. The van der Waals surface area contributed by atoms with Crippen molar-refractivity contribution >= 4 is 33.3 Å². The molecule has 0 aliphatic heterocycles. The van der Waals surface area contributed by atoms with Crippen molar-refractivity contribution in [3.63, 3.8) is 0 Å².